The molecule has 0 saturated carbocycles. The molecule has 0 saturated heterocycles. The van der Waals surface area contributed by atoms with Crippen LogP contribution >= 0.6 is 0 Å². The van der Waals surface area contributed by atoms with Crippen molar-refractivity contribution in [2.75, 3.05) is 16.0 Å². The SMILES string of the molecule is O=C(NCc1cc2ccc(F)cc2[nH]c1=O)Nc1cccc(NC(=O)Nc2ccccc2)c1. The molecule has 0 aliphatic carbocycles. The lowest BCUT2D eigenvalue weighted by Gasteiger charge is -2.11. The first kappa shape index (κ1) is 21.6. The van der Waals surface area contributed by atoms with E-state index >= 15 is 0 Å². The van der Waals surface area contributed by atoms with E-state index in [9.17, 15) is 18.8 Å². The molecule has 0 atom stereocenters. The van der Waals surface area contributed by atoms with Gasteiger partial charge in [-0.1, -0.05) is 24.3 Å². The third-order valence-corrected chi connectivity index (χ3v) is 4.73. The van der Waals surface area contributed by atoms with E-state index in [1.165, 1.54) is 12.1 Å². The largest absolute Gasteiger partial charge is 0.334 e. The predicted octanol–water partition coefficient (Wildman–Crippen LogP) is 4.63. The minimum absolute atomic E-state index is 0.0219. The van der Waals surface area contributed by atoms with E-state index in [0.29, 0.717) is 33.5 Å². The molecule has 0 bridgehead atoms. The van der Waals surface area contributed by atoms with E-state index in [4.69, 9.17) is 0 Å². The van der Waals surface area contributed by atoms with Crippen LogP contribution < -0.4 is 26.8 Å². The normalized spacial score (nSPS) is 10.5. The van der Waals surface area contributed by atoms with Crippen LogP contribution in [0.5, 0.6) is 0 Å². The number of carbonyl (C=O) groups excluding carboxylic acids is 2. The monoisotopic (exact) mass is 445 g/mol. The van der Waals surface area contributed by atoms with Crippen molar-refractivity contribution >= 4 is 40.0 Å². The van der Waals surface area contributed by atoms with Crippen LogP contribution in [0.1, 0.15) is 5.56 Å². The van der Waals surface area contributed by atoms with Gasteiger partial charge < -0.3 is 26.3 Å². The van der Waals surface area contributed by atoms with Crippen LogP contribution in [0, 0.1) is 5.82 Å². The number of anilines is 3. The highest BCUT2D eigenvalue weighted by Crippen LogP contribution is 2.16. The standard InChI is InChI=1S/C24H20FN5O3/c25-17-10-9-15-11-16(22(31)30-21(15)12-17)14-26-23(32)28-19-7-4-8-20(13-19)29-24(33)27-18-5-2-1-3-6-18/h1-13H,14H2,(H,30,31)(H2,26,28,32)(H2,27,29,33). The van der Waals surface area contributed by atoms with E-state index in [2.05, 4.69) is 26.3 Å². The fourth-order valence-electron chi connectivity index (χ4n) is 3.19. The van der Waals surface area contributed by atoms with Crippen LogP contribution in [0.15, 0.2) is 83.7 Å². The zero-order chi connectivity index (χ0) is 23.2. The molecule has 0 fully saturated rings. The van der Waals surface area contributed by atoms with Gasteiger partial charge in [0.15, 0.2) is 0 Å². The Balaban J connectivity index is 1.35. The fourth-order valence-corrected chi connectivity index (χ4v) is 3.19. The second-order valence-electron chi connectivity index (χ2n) is 7.19. The van der Waals surface area contributed by atoms with E-state index in [-0.39, 0.29) is 6.54 Å². The highest BCUT2D eigenvalue weighted by molar-refractivity contribution is 6.00. The molecule has 0 spiro atoms. The highest BCUT2D eigenvalue weighted by Gasteiger charge is 2.08. The number of pyridine rings is 1. The molecule has 9 heteroatoms. The van der Waals surface area contributed by atoms with E-state index < -0.39 is 23.4 Å². The quantitative estimate of drug-likeness (QED) is 0.308. The van der Waals surface area contributed by atoms with Crippen molar-refractivity contribution in [1.29, 1.82) is 0 Å². The molecule has 4 rings (SSSR count). The maximum Gasteiger partial charge on any atom is 0.323 e. The second kappa shape index (κ2) is 9.65. The molecule has 33 heavy (non-hydrogen) atoms. The summed E-state index contributed by atoms with van der Waals surface area (Å²) in [5, 5.41) is 11.3. The van der Waals surface area contributed by atoms with Crippen LogP contribution in [0.25, 0.3) is 10.9 Å². The highest BCUT2D eigenvalue weighted by atomic mass is 19.1. The molecule has 0 radical (unpaired) electrons. The smallest absolute Gasteiger partial charge is 0.323 e. The number of aromatic nitrogens is 1. The topological polar surface area (TPSA) is 115 Å². The number of amides is 4. The van der Waals surface area contributed by atoms with Crippen molar-refractivity contribution < 1.29 is 14.0 Å². The average Bonchev–Trinajstić information content (AvgIpc) is 2.78. The van der Waals surface area contributed by atoms with Crippen molar-refractivity contribution in [2.24, 2.45) is 0 Å². The number of rotatable bonds is 5. The van der Waals surface area contributed by atoms with Crippen LogP contribution in [-0.2, 0) is 6.54 Å². The number of benzene rings is 3. The number of carbonyl (C=O) groups is 2. The summed E-state index contributed by atoms with van der Waals surface area (Å²) in [6.45, 7) is -0.0219. The Hall–Kier alpha value is -4.66. The number of aromatic amines is 1. The van der Waals surface area contributed by atoms with Gasteiger partial charge in [0.2, 0.25) is 0 Å². The van der Waals surface area contributed by atoms with Gasteiger partial charge in [0.05, 0.1) is 5.52 Å². The second-order valence-corrected chi connectivity index (χ2v) is 7.19. The van der Waals surface area contributed by atoms with Gasteiger partial charge in [-0.05, 0) is 60.0 Å². The molecule has 4 aromatic rings. The van der Waals surface area contributed by atoms with Gasteiger partial charge in [-0.25, -0.2) is 14.0 Å². The van der Waals surface area contributed by atoms with Crippen molar-refractivity contribution in [3.05, 3.63) is 101 Å². The molecule has 8 nitrogen and oxygen atoms in total. The summed E-state index contributed by atoms with van der Waals surface area (Å²) in [5.41, 5.74) is 1.89. The lowest BCUT2D eigenvalue weighted by atomic mass is 10.1. The summed E-state index contributed by atoms with van der Waals surface area (Å²) < 4.78 is 13.3. The molecule has 0 aliphatic heterocycles. The van der Waals surface area contributed by atoms with Crippen molar-refractivity contribution in [1.82, 2.24) is 10.3 Å². The lowest BCUT2D eigenvalue weighted by molar-refractivity contribution is 0.251. The molecule has 3 aromatic carbocycles. The van der Waals surface area contributed by atoms with E-state index in [1.807, 2.05) is 18.2 Å². The first-order chi connectivity index (χ1) is 16.0. The van der Waals surface area contributed by atoms with Gasteiger partial charge in [-0.3, -0.25) is 4.79 Å². The maximum atomic E-state index is 13.3. The van der Waals surface area contributed by atoms with Gasteiger partial charge in [0.25, 0.3) is 5.56 Å². The fraction of sp³-hybridized carbons (Fsp3) is 0.0417. The Morgan fingerprint density at radius 1 is 0.758 bits per heavy atom. The zero-order valence-corrected chi connectivity index (χ0v) is 17.3. The van der Waals surface area contributed by atoms with Crippen molar-refractivity contribution in [3.8, 4) is 0 Å². The Bertz CT molecular complexity index is 1370. The number of fused-ring (bicyclic) bond motifs is 1. The van der Waals surface area contributed by atoms with Gasteiger partial charge >= 0.3 is 12.1 Å². The summed E-state index contributed by atoms with van der Waals surface area (Å²) >= 11 is 0. The molecule has 1 aromatic heterocycles. The number of hydrogen-bond donors (Lipinski definition) is 5. The van der Waals surface area contributed by atoms with E-state index in [0.717, 1.165) is 0 Å². The molecule has 1 heterocycles. The Labute approximate surface area is 187 Å². The zero-order valence-electron chi connectivity index (χ0n) is 17.3. The summed E-state index contributed by atoms with van der Waals surface area (Å²) in [5.74, 6) is -0.447. The first-order valence-electron chi connectivity index (χ1n) is 10.1. The van der Waals surface area contributed by atoms with Crippen LogP contribution in [0.2, 0.25) is 0 Å². The van der Waals surface area contributed by atoms with Gasteiger partial charge in [-0.2, -0.15) is 0 Å². The third-order valence-electron chi connectivity index (χ3n) is 4.73. The van der Waals surface area contributed by atoms with Gasteiger partial charge in [0.1, 0.15) is 5.82 Å². The van der Waals surface area contributed by atoms with Gasteiger partial charge in [0, 0.05) is 29.2 Å². The lowest BCUT2D eigenvalue weighted by Crippen LogP contribution is -2.30. The average molecular weight is 445 g/mol. The summed E-state index contributed by atoms with van der Waals surface area (Å²) in [4.78, 5) is 39.2. The van der Waals surface area contributed by atoms with Crippen LogP contribution in [0.3, 0.4) is 0 Å². The number of H-pyrrole nitrogens is 1. The van der Waals surface area contributed by atoms with Crippen molar-refractivity contribution in [3.63, 3.8) is 0 Å². The summed E-state index contributed by atoms with van der Waals surface area (Å²) in [7, 11) is 0. The predicted molar refractivity (Wildman–Crippen MR) is 126 cm³/mol. The molecular weight excluding hydrogens is 425 g/mol. The molecular formula is C24H20FN5O3. The Morgan fingerprint density at radius 3 is 2.18 bits per heavy atom. The number of urea groups is 2. The number of nitrogens with one attached hydrogen (secondary N) is 5. The third kappa shape index (κ3) is 5.73. The Morgan fingerprint density at radius 2 is 1.42 bits per heavy atom. The molecule has 5 N–H and O–H groups in total. The minimum atomic E-state index is -0.528. The van der Waals surface area contributed by atoms with Crippen LogP contribution in [0.4, 0.5) is 31.0 Å². The molecule has 0 aliphatic rings. The molecule has 166 valence electrons. The Kier molecular flexibility index (Phi) is 6.31. The van der Waals surface area contributed by atoms with Crippen LogP contribution in [-0.4, -0.2) is 17.0 Å². The van der Waals surface area contributed by atoms with Gasteiger partial charge in [-0.15, -0.1) is 0 Å². The first-order valence-corrected chi connectivity index (χ1v) is 10.1. The summed E-state index contributed by atoms with van der Waals surface area (Å²) in [6.07, 6.45) is 0. The maximum absolute atomic E-state index is 13.3. The van der Waals surface area contributed by atoms with Crippen molar-refractivity contribution in [2.45, 2.75) is 6.54 Å². The number of para-hydroxylation sites is 1. The molecule has 4 amide bonds. The number of hydrogen-bond acceptors (Lipinski definition) is 3. The minimum Gasteiger partial charge on any atom is -0.334 e. The summed E-state index contributed by atoms with van der Waals surface area (Å²) in [6, 6.07) is 20.4. The van der Waals surface area contributed by atoms with E-state index in [1.54, 1.807) is 48.5 Å². The molecule has 0 unspecified atom stereocenters. The number of halogens is 1.